The molecule has 0 atom stereocenters. The molecule has 0 aliphatic heterocycles. The van der Waals surface area contributed by atoms with Crippen molar-refractivity contribution in [3.63, 3.8) is 0 Å². The van der Waals surface area contributed by atoms with E-state index < -0.39 is 0 Å². The largest absolute Gasteiger partial charge is 0.391 e. The number of nitrogens with zero attached hydrogens (tertiary/aromatic N) is 3. The van der Waals surface area contributed by atoms with Crippen LogP contribution in [0.5, 0.6) is 0 Å². The summed E-state index contributed by atoms with van der Waals surface area (Å²) in [5, 5.41) is 11.3. The molecule has 3 aromatic heterocycles. The van der Waals surface area contributed by atoms with Crippen molar-refractivity contribution in [2.45, 2.75) is 71.0 Å². The van der Waals surface area contributed by atoms with Gasteiger partial charge in [0.25, 0.3) is 0 Å². The lowest BCUT2D eigenvalue weighted by atomic mass is 9.89. The zero-order valence-corrected chi connectivity index (χ0v) is 34.4. The summed E-state index contributed by atoms with van der Waals surface area (Å²) in [5.74, 6) is 0. The van der Waals surface area contributed by atoms with Gasteiger partial charge in [-0.3, -0.25) is 0 Å². The second-order valence-corrected chi connectivity index (χ2v) is 15.9. The number of fused-ring (bicyclic) bond motifs is 3. The first-order valence-corrected chi connectivity index (χ1v) is 21.6. The minimum Gasteiger partial charge on any atom is -0.391 e. The van der Waals surface area contributed by atoms with Gasteiger partial charge in [-0.1, -0.05) is 104 Å². The fraction of sp³-hybridized carbons (Fsp3) is 0.218. The Labute approximate surface area is 350 Å². The molecule has 59 heavy (non-hydrogen) atoms. The van der Waals surface area contributed by atoms with Crippen LogP contribution in [-0.4, -0.2) is 6.54 Å². The summed E-state index contributed by atoms with van der Waals surface area (Å²) >= 11 is 0. The molecule has 8 rings (SSSR count). The molecule has 5 aromatic carbocycles. The molecular weight excluding hydrogens is 717 g/mol. The van der Waals surface area contributed by atoms with E-state index in [1.165, 1.54) is 60.1 Å². The molecule has 0 bridgehead atoms. The van der Waals surface area contributed by atoms with Crippen LogP contribution in [0.1, 0.15) is 59.1 Å². The number of aromatic nitrogens is 3. The van der Waals surface area contributed by atoms with E-state index in [4.69, 9.17) is 0 Å². The number of benzene rings is 5. The van der Waals surface area contributed by atoms with Crippen LogP contribution in [0, 0.1) is 0 Å². The van der Waals surface area contributed by atoms with E-state index in [0.717, 1.165) is 83.1 Å². The number of pyridine rings is 3. The zero-order valence-electron chi connectivity index (χ0n) is 34.4. The molecule has 0 unspecified atom stereocenters. The Balaban J connectivity index is 1.01. The van der Waals surface area contributed by atoms with Crippen molar-refractivity contribution in [3.05, 3.63) is 211 Å². The fourth-order valence-corrected chi connectivity index (χ4v) is 8.49. The van der Waals surface area contributed by atoms with E-state index in [1.807, 2.05) is 6.08 Å². The van der Waals surface area contributed by atoms with Gasteiger partial charge in [0.1, 0.15) is 19.6 Å². The standard InChI is InChI=1S/C55H57N4/c1-2-44-15-3-4-16-45(44)27-32-56-31-11-23-49-39-51(25-13-34-58-37-29-47-18-6-9-21-54(47)42-58)52(26-14-35-59-38-30-48-19-7-10-22-55(48)43-59)40-50(49)24-12-33-57-36-28-46-17-5-8-20-53(46)41-57/h2-10,15-22,27-30,32,36-43,56H,1,11-14,23-26,31,33-35H2/q+3/b32-27-. The molecule has 4 nitrogen and oxygen atoms in total. The van der Waals surface area contributed by atoms with E-state index in [0.29, 0.717) is 0 Å². The molecule has 0 aliphatic carbocycles. The summed E-state index contributed by atoms with van der Waals surface area (Å²) in [4.78, 5) is 0. The van der Waals surface area contributed by atoms with Gasteiger partial charge in [-0.05, 0) is 112 Å². The van der Waals surface area contributed by atoms with E-state index in [1.54, 1.807) is 0 Å². The maximum absolute atomic E-state index is 3.98. The van der Waals surface area contributed by atoms with Crippen molar-refractivity contribution in [1.82, 2.24) is 5.32 Å². The molecule has 0 spiro atoms. The molecule has 0 saturated heterocycles. The van der Waals surface area contributed by atoms with Crippen molar-refractivity contribution >= 4 is 44.5 Å². The van der Waals surface area contributed by atoms with Crippen molar-refractivity contribution in [2.75, 3.05) is 6.54 Å². The van der Waals surface area contributed by atoms with Crippen molar-refractivity contribution in [2.24, 2.45) is 0 Å². The summed E-state index contributed by atoms with van der Waals surface area (Å²) < 4.78 is 7.10. The van der Waals surface area contributed by atoms with Crippen LogP contribution in [0.2, 0.25) is 0 Å². The first-order valence-electron chi connectivity index (χ1n) is 21.6. The molecule has 0 saturated carbocycles. The lowest BCUT2D eigenvalue weighted by Gasteiger charge is -2.17. The van der Waals surface area contributed by atoms with Gasteiger partial charge in [0.05, 0.1) is 0 Å². The lowest BCUT2D eigenvalue weighted by molar-refractivity contribution is -0.696. The number of hydrogen-bond donors (Lipinski definition) is 1. The number of hydrogen-bond acceptors (Lipinski definition) is 1. The van der Waals surface area contributed by atoms with Crippen molar-refractivity contribution < 1.29 is 13.7 Å². The molecule has 1 N–H and O–H groups in total. The third-order valence-electron chi connectivity index (χ3n) is 11.7. The number of rotatable bonds is 19. The van der Waals surface area contributed by atoms with Crippen LogP contribution in [0.25, 0.3) is 44.5 Å². The second-order valence-electron chi connectivity index (χ2n) is 15.9. The summed E-state index contributed by atoms with van der Waals surface area (Å²) in [7, 11) is 0. The molecular formula is C55H57N4+3. The monoisotopic (exact) mass is 773 g/mol. The van der Waals surface area contributed by atoms with Crippen LogP contribution in [0.4, 0.5) is 0 Å². The minimum atomic E-state index is 0.928. The Hall–Kier alpha value is -6.39. The Bertz CT molecular complexity index is 2690. The van der Waals surface area contributed by atoms with Gasteiger partial charge in [0.2, 0.25) is 0 Å². The molecule has 0 fully saturated rings. The van der Waals surface area contributed by atoms with E-state index in [9.17, 15) is 0 Å². The average Bonchev–Trinajstić information content (AvgIpc) is 3.28. The van der Waals surface area contributed by atoms with E-state index in [2.05, 4.69) is 202 Å². The second kappa shape index (κ2) is 19.8. The fourth-order valence-electron chi connectivity index (χ4n) is 8.49. The smallest absolute Gasteiger partial charge is 0.176 e. The molecule has 0 radical (unpaired) electrons. The normalized spacial score (nSPS) is 11.5. The van der Waals surface area contributed by atoms with Crippen LogP contribution >= 0.6 is 0 Å². The zero-order chi connectivity index (χ0) is 40.1. The van der Waals surface area contributed by atoms with Gasteiger partial charge in [0.15, 0.2) is 37.2 Å². The maximum Gasteiger partial charge on any atom is 0.176 e. The molecule has 0 amide bonds. The van der Waals surface area contributed by atoms with Gasteiger partial charge in [-0.15, -0.1) is 0 Å². The van der Waals surface area contributed by atoms with Gasteiger partial charge >= 0.3 is 0 Å². The third-order valence-corrected chi connectivity index (χ3v) is 11.7. The highest BCUT2D eigenvalue weighted by Crippen LogP contribution is 2.24. The summed E-state index contributed by atoms with van der Waals surface area (Å²) in [6.45, 7) is 7.92. The SMILES string of the molecule is C=Cc1ccccc1/C=C\NCCCc1cc(CCC[n+]2ccc3ccccc3c2)c(CCC[n+]2ccc3ccccc3c2)cc1CCC[n+]1ccc2ccccc2c1. The van der Waals surface area contributed by atoms with E-state index in [-0.39, 0.29) is 0 Å². The quantitative estimate of drug-likeness (QED) is 0.0642. The minimum absolute atomic E-state index is 0.928. The predicted molar refractivity (Wildman–Crippen MR) is 246 cm³/mol. The lowest BCUT2D eigenvalue weighted by Crippen LogP contribution is -2.33. The topological polar surface area (TPSA) is 23.7 Å². The molecule has 294 valence electrons. The van der Waals surface area contributed by atoms with Crippen molar-refractivity contribution in [3.8, 4) is 0 Å². The average molecular weight is 774 g/mol. The summed E-state index contributed by atoms with van der Waals surface area (Å²) in [6, 6.07) is 46.3. The van der Waals surface area contributed by atoms with Gasteiger partial charge < -0.3 is 5.32 Å². The van der Waals surface area contributed by atoms with Crippen molar-refractivity contribution in [1.29, 1.82) is 0 Å². The third kappa shape index (κ3) is 10.6. The highest BCUT2D eigenvalue weighted by atomic mass is 14.9. The van der Waals surface area contributed by atoms with Crippen LogP contribution in [0.15, 0.2) is 177 Å². The number of aryl methyl sites for hydroxylation is 7. The van der Waals surface area contributed by atoms with Gasteiger partial charge in [0, 0.05) is 60.2 Å². The molecule has 4 heteroatoms. The highest BCUT2D eigenvalue weighted by Gasteiger charge is 2.14. The van der Waals surface area contributed by atoms with Gasteiger partial charge in [-0.2, -0.15) is 0 Å². The summed E-state index contributed by atoms with van der Waals surface area (Å²) in [5.41, 5.74) is 8.41. The van der Waals surface area contributed by atoms with E-state index >= 15 is 0 Å². The number of nitrogens with one attached hydrogen (secondary N) is 1. The maximum atomic E-state index is 3.98. The first-order chi connectivity index (χ1) is 29.2. The Morgan fingerprint density at radius 3 is 1.22 bits per heavy atom. The van der Waals surface area contributed by atoms with Gasteiger partial charge in [-0.25, -0.2) is 13.7 Å². The summed E-state index contributed by atoms with van der Waals surface area (Å²) in [6.07, 6.45) is 28.4. The Morgan fingerprint density at radius 1 is 0.424 bits per heavy atom. The Kier molecular flexibility index (Phi) is 13.3. The molecule has 8 aromatic rings. The first kappa shape index (κ1) is 39.4. The predicted octanol–water partition coefficient (Wildman–Crippen LogP) is 10.7. The Morgan fingerprint density at radius 2 is 0.797 bits per heavy atom. The van der Waals surface area contributed by atoms with Crippen LogP contribution < -0.4 is 19.0 Å². The van der Waals surface area contributed by atoms with Crippen LogP contribution in [0.3, 0.4) is 0 Å². The van der Waals surface area contributed by atoms with Crippen LogP contribution in [-0.2, 0) is 45.3 Å². The molecule has 3 heterocycles. The molecule has 0 aliphatic rings. The highest BCUT2D eigenvalue weighted by molar-refractivity contribution is 5.81.